The quantitative estimate of drug-likeness (QED) is 0.581. The zero-order chi connectivity index (χ0) is 10.9. The first-order valence-electron chi connectivity index (χ1n) is 5.72. The van der Waals surface area contributed by atoms with Crippen LogP contribution in [0.4, 0.5) is 0 Å². The molecule has 0 amide bonds. The van der Waals surface area contributed by atoms with E-state index in [1.54, 1.807) is 0 Å². The Morgan fingerprint density at radius 2 is 1.28 bits per heavy atom. The van der Waals surface area contributed by atoms with Gasteiger partial charge in [-0.15, -0.1) is 0 Å². The number of halogens is 2. The van der Waals surface area contributed by atoms with Gasteiger partial charge in [-0.2, -0.15) is 35.4 Å². The van der Waals surface area contributed by atoms with Crippen molar-refractivity contribution in [3.63, 3.8) is 0 Å². The fourth-order valence-corrected chi connectivity index (χ4v) is 1.43. The standard InChI is InChI=1S/C9H13.C6H7.2ClH.Zr/c1-2-3-6-9-7-4-5-8-9;1-6-4-2-3-5-6;;;/h4-5,7-8H,2-3,6H2,1H3;2-5H,1H3;2*1H;/q2*-1;;;+4/p-2. The molecule has 2 rings (SSSR count). The first-order chi connectivity index (χ1) is 7.33. The molecule has 98 valence electrons. The predicted octanol–water partition coefficient (Wildman–Crippen LogP) is -1.53. The van der Waals surface area contributed by atoms with Crippen molar-refractivity contribution in [2.75, 3.05) is 0 Å². The van der Waals surface area contributed by atoms with Crippen LogP contribution in [0, 0.1) is 6.92 Å². The molecule has 2 aromatic carbocycles. The molecule has 0 nitrogen and oxygen atoms in total. The third-order valence-corrected chi connectivity index (χ3v) is 2.38. The molecule has 0 heterocycles. The van der Waals surface area contributed by atoms with Crippen molar-refractivity contribution in [2.45, 2.75) is 33.1 Å². The van der Waals surface area contributed by atoms with Gasteiger partial charge in [0.2, 0.25) is 0 Å². The van der Waals surface area contributed by atoms with Crippen LogP contribution in [0.1, 0.15) is 30.9 Å². The summed E-state index contributed by atoms with van der Waals surface area (Å²) in [5.74, 6) is 0. The average molecular weight is 362 g/mol. The first-order valence-corrected chi connectivity index (χ1v) is 5.72. The van der Waals surface area contributed by atoms with E-state index in [-0.39, 0.29) is 51.0 Å². The van der Waals surface area contributed by atoms with Gasteiger partial charge in [0.15, 0.2) is 0 Å². The molecular weight excluding hydrogens is 342 g/mol. The third-order valence-electron chi connectivity index (χ3n) is 2.38. The molecular formula is C15H20Cl2Zr. The van der Waals surface area contributed by atoms with Gasteiger partial charge < -0.3 is 24.8 Å². The first kappa shape index (κ1) is 23.3. The Hall–Kier alpha value is 0.163. The summed E-state index contributed by atoms with van der Waals surface area (Å²) in [7, 11) is 0. The van der Waals surface area contributed by atoms with Crippen LogP contribution in [-0.2, 0) is 32.6 Å². The van der Waals surface area contributed by atoms with Gasteiger partial charge >= 0.3 is 26.2 Å². The Labute approximate surface area is 143 Å². The second-order valence-electron chi connectivity index (χ2n) is 3.86. The Balaban J connectivity index is -0.000000225. The van der Waals surface area contributed by atoms with Gasteiger partial charge in [0, 0.05) is 0 Å². The van der Waals surface area contributed by atoms with Crippen LogP contribution in [0.3, 0.4) is 0 Å². The SMILES string of the molecule is CCCC[c-]1cccc1.C[c-]1cccc1.[Cl-].[Cl-].[Zr+4]. The van der Waals surface area contributed by atoms with E-state index >= 15 is 0 Å². The molecule has 0 atom stereocenters. The zero-order valence-electron chi connectivity index (χ0n) is 11.0. The molecule has 0 radical (unpaired) electrons. The Morgan fingerprint density at radius 3 is 1.61 bits per heavy atom. The number of aryl methyl sites for hydroxylation is 2. The topological polar surface area (TPSA) is 0 Å². The average Bonchev–Trinajstić information content (AvgIpc) is 2.88. The van der Waals surface area contributed by atoms with E-state index in [9.17, 15) is 0 Å². The largest absolute Gasteiger partial charge is 4.00 e. The van der Waals surface area contributed by atoms with Crippen LogP contribution < -0.4 is 24.8 Å². The van der Waals surface area contributed by atoms with E-state index in [0.29, 0.717) is 0 Å². The number of rotatable bonds is 3. The van der Waals surface area contributed by atoms with Crippen molar-refractivity contribution in [3.8, 4) is 0 Å². The number of hydrogen-bond donors (Lipinski definition) is 0. The van der Waals surface area contributed by atoms with Crippen LogP contribution in [0.5, 0.6) is 0 Å². The maximum Gasteiger partial charge on any atom is 4.00 e. The van der Waals surface area contributed by atoms with E-state index in [1.807, 2.05) is 12.1 Å². The molecule has 0 bridgehead atoms. The second-order valence-corrected chi connectivity index (χ2v) is 3.86. The Morgan fingerprint density at radius 1 is 0.833 bits per heavy atom. The maximum absolute atomic E-state index is 2.23. The minimum Gasteiger partial charge on any atom is -1.00 e. The maximum atomic E-state index is 2.23. The van der Waals surface area contributed by atoms with Crippen molar-refractivity contribution in [3.05, 3.63) is 59.7 Å². The Bertz CT molecular complexity index is 325. The summed E-state index contributed by atoms with van der Waals surface area (Å²) in [5.41, 5.74) is 2.83. The van der Waals surface area contributed by atoms with Crippen LogP contribution >= 0.6 is 0 Å². The molecule has 0 N–H and O–H groups in total. The van der Waals surface area contributed by atoms with E-state index in [2.05, 4.69) is 50.2 Å². The van der Waals surface area contributed by atoms with Crippen LogP contribution in [0.2, 0.25) is 0 Å². The summed E-state index contributed by atoms with van der Waals surface area (Å²) >= 11 is 0. The summed E-state index contributed by atoms with van der Waals surface area (Å²) in [6, 6.07) is 16.8. The van der Waals surface area contributed by atoms with E-state index in [0.717, 1.165) is 0 Å². The molecule has 0 aliphatic heterocycles. The van der Waals surface area contributed by atoms with Crippen molar-refractivity contribution in [1.82, 2.24) is 0 Å². The fraction of sp³-hybridized carbons (Fsp3) is 0.333. The number of unbranched alkanes of at least 4 members (excludes halogenated alkanes) is 1. The van der Waals surface area contributed by atoms with Crippen LogP contribution in [0.25, 0.3) is 0 Å². The molecule has 2 aromatic rings. The van der Waals surface area contributed by atoms with Crippen LogP contribution in [-0.4, -0.2) is 0 Å². The van der Waals surface area contributed by atoms with E-state index in [4.69, 9.17) is 0 Å². The smallest absolute Gasteiger partial charge is 1.00 e. The molecule has 0 fully saturated rings. The molecule has 0 saturated carbocycles. The van der Waals surface area contributed by atoms with Gasteiger partial charge in [-0.1, -0.05) is 33.1 Å². The van der Waals surface area contributed by atoms with E-state index in [1.165, 1.54) is 30.4 Å². The summed E-state index contributed by atoms with van der Waals surface area (Å²) < 4.78 is 0. The molecule has 0 saturated heterocycles. The Kier molecular flexibility index (Phi) is 19.7. The van der Waals surface area contributed by atoms with Gasteiger partial charge in [-0.3, -0.25) is 0 Å². The molecule has 0 aromatic heterocycles. The monoisotopic (exact) mass is 360 g/mol. The minimum atomic E-state index is 0. The molecule has 3 heteroatoms. The summed E-state index contributed by atoms with van der Waals surface area (Å²) in [5, 5.41) is 0. The van der Waals surface area contributed by atoms with Crippen molar-refractivity contribution in [2.24, 2.45) is 0 Å². The van der Waals surface area contributed by atoms with Crippen molar-refractivity contribution < 1.29 is 51.0 Å². The number of hydrogen-bond acceptors (Lipinski definition) is 0. The molecule has 0 unspecified atom stereocenters. The van der Waals surface area contributed by atoms with Crippen LogP contribution in [0.15, 0.2) is 48.5 Å². The summed E-state index contributed by atoms with van der Waals surface area (Å²) in [6.45, 7) is 4.31. The third kappa shape index (κ3) is 11.3. The molecule has 18 heavy (non-hydrogen) atoms. The van der Waals surface area contributed by atoms with E-state index < -0.39 is 0 Å². The van der Waals surface area contributed by atoms with Gasteiger partial charge in [0.25, 0.3) is 0 Å². The van der Waals surface area contributed by atoms with Gasteiger partial charge in [0.05, 0.1) is 0 Å². The van der Waals surface area contributed by atoms with Gasteiger partial charge in [0.1, 0.15) is 0 Å². The molecule has 0 aliphatic carbocycles. The summed E-state index contributed by atoms with van der Waals surface area (Å²) in [4.78, 5) is 0. The normalized spacial score (nSPS) is 7.89. The van der Waals surface area contributed by atoms with Gasteiger partial charge in [-0.25, -0.2) is 24.3 Å². The summed E-state index contributed by atoms with van der Waals surface area (Å²) in [6.07, 6.45) is 3.87. The van der Waals surface area contributed by atoms with Crippen molar-refractivity contribution >= 4 is 0 Å². The minimum absolute atomic E-state index is 0. The zero-order valence-corrected chi connectivity index (χ0v) is 15.0. The second kappa shape index (κ2) is 15.2. The predicted molar refractivity (Wildman–Crippen MR) is 67.4 cm³/mol. The molecule has 0 aliphatic rings. The van der Waals surface area contributed by atoms with Gasteiger partial charge in [-0.05, 0) is 0 Å². The fourth-order valence-electron chi connectivity index (χ4n) is 1.43. The molecule has 0 spiro atoms. The van der Waals surface area contributed by atoms with Crippen molar-refractivity contribution in [1.29, 1.82) is 0 Å².